The highest BCUT2D eigenvalue weighted by molar-refractivity contribution is 6.30. The van der Waals surface area contributed by atoms with Crippen molar-refractivity contribution in [3.63, 3.8) is 0 Å². The topological polar surface area (TPSA) is 35.2 Å². The summed E-state index contributed by atoms with van der Waals surface area (Å²) in [5.74, 6) is 0.843. The summed E-state index contributed by atoms with van der Waals surface area (Å²) in [6, 6.07) is 11.7. The molecule has 2 nitrogen and oxygen atoms in total. The molecule has 0 aliphatic heterocycles. The first-order valence-corrected chi connectivity index (χ1v) is 6.56. The van der Waals surface area contributed by atoms with E-state index in [1.165, 1.54) is 0 Å². The Morgan fingerprint density at radius 3 is 2.42 bits per heavy atom. The fraction of sp³-hybridized carbons (Fsp3) is 0.250. The van der Waals surface area contributed by atoms with E-state index in [4.69, 9.17) is 22.1 Å². The Bertz CT molecular complexity index is 575. The van der Waals surface area contributed by atoms with Crippen LogP contribution >= 0.6 is 11.6 Å². The molecule has 19 heavy (non-hydrogen) atoms. The Labute approximate surface area is 119 Å². The zero-order chi connectivity index (χ0) is 14.0. The van der Waals surface area contributed by atoms with Crippen LogP contribution < -0.4 is 10.5 Å². The lowest BCUT2D eigenvalue weighted by molar-refractivity contribution is 0.414. The summed E-state index contributed by atoms with van der Waals surface area (Å²) in [4.78, 5) is 0. The molecule has 2 aromatic carbocycles. The average Bonchev–Trinajstić information content (AvgIpc) is 2.36. The third-order valence-corrected chi connectivity index (χ3v) is 3.45. The van der Waals surface area contributed by atoms with Crippen molar-refractivity contribution in [2.24, 2.45) is 5.73 Å². The SMILES string of the molecule is COc1ccc(C(N)c2cc(C)cc(Cl)c2)c(C)c1. The van der Waals surface area contributed by atoms with Gasteiger partial charge in [0.2, 0.25) is 0 Å². The summed E-state index contributed by atoms with van der Waals surface area (Å²) in [5, 5.41) is 0.719. The van der Waals surface area contributed by atoms with Crippen LogP contribution in [0.5, 0.6) is 5.75 Å². The van der Waals surface area contributed by atoms with E-state index in [0.717, 1.165) is 33.0 Å². The largest absolute Gasteiger partial charge is 0.497 e. The standard InChI is InChI=1S/C16H18ClNO/c1-10-6-12(9-13(17)7-10)16(18)15-5-4-14(19-3)8-11(15)2/h4-9,16H,18H2,1-3H3. The van der Waals surface area contributed by atoms with Gasteiger partial charge in [0.1, 0.15) is 5.75 Å². The first kappa shape index (κ1) is 13.9. The third-order valence-electron chi connectivity index (χ3n) is 3.24. The fourth-order valence-corrected chi connectivity index (χ4v) is 2.55. The molecule has 0 spiro atoms. The summed E-state index contributed by atoms with van der Waals surface area (Å²) in [7, 11) is 1.66. The van der Waals surface area contributed by atoms with Gasteiger partial charge in [0.15, 0.2) is 0 Å². The molecule has 100 valence electrons. The van der Waals surface area contributed by atoms with Gasteiger partial charge in [0.05, 0.1) is 13.2 Å². The van der Waals surface area contributed by atoms with Crippen molar-refractivity contribution in [3.05, 3.63) is 63.7 Å². The van der Waals surface area contributed by atoms with Crippen LogP contribution in [-0.2, 0) is 0 Å². The Kier molecular flexibility index (Phi) is 4.13. The summed E-state index contributed by atoms with van der Waals surface area (Å²) in [5.41, 5.74) is 10.7. The molecule has 2 aromatic rings. The van der Waals surface area contributed by atoms with Gasteiger partial charge in [-0.25, -0.2) is 0 Å². The molecular formula is C16H18ClNO. The fourth-order valence-electron chi connectivity index (χ4n) is 2.25. The van der Waals surface area contributed by atoms with Crippen LogP contribution in [0.4, 0.5) is 0 Å². The van der Waals surface area contributed by atoms with Crippen molar-refractivity contribution in [1.82, 2.24) is 0 Å². The van der Waals surface area contributed by atoms with E-state index in [-0.39, 0.29) is 6.04 Å². The van der Waals surface area contributed by atoms with E-state index in [1.54, 1.807) is 7.11 Å². The molecule has 0 aromatic heterocycles. The Morgan fingerprint density at radius 1 is 1.11 bits per heavy atom. The van der Waals surface area contributed by atoms with Crippen LogP contribution in [0.15, 0.2) is 36.4 Å². The Balaban J connectivity index is 2.40. The van der Waals surface area contributed by atoms with Crippen molar-refractivity contribution in [2.45, 2.75) is 19.9 Å². The predicted octanol–water partition coefficient (Wildman–Crippen LogP) is 4.01. The van der Waals surface area contributed by atoms with Gasteiger partial charge >= 0.3 is 0 Å². The molecule has 0 fully saturated rings. The molecule has 0 amide bonds. The number of halogens is 1. The molecule has 0 aliphatic carbocycles. The Hall–Kier alpha value is -1.51. The van der Waals surface area contributed by atoms with E-state index >= 15 is 0 Å². The van der Waals surface area contributed by atoms with E-state index in [2.05, 4.69) is 6.07 Å². The molecule has 0 saturated carbocycles. The summed E-state index contributed by atoms with van der Waals surface area (Å²) < 4.78 is 5.21. The predicted molar refractivity (Wildman–Crippen MR) is 80.0 cm³/mol. The van der Waals surface area contributed by atoms with Gasteiger partial charge in [-0.2, -0.15) is 0 Å². The monoisotopic (exact) mass is 275 g/mol. The molecular weight excluding hydrogens is 258 g/mol. The van der Waals surface area contributed by atoms with E-state index in [0.29, 0.717) is 0 Å². The maximum Gasteiger partial charge on any atom is 0.119 e. The second-order valence-corrected chi connectivity index (χ2v) is 5.20. The van der Waals surface area contributed by atoms with E-state index in [9.17, 15) is 0 Å². The van der Waals surface area contributed by atoms with Crippen molar-refractivity contribution < 1.29 is 4.74 Å². The first-order chi connectivity index (χ1) is 9.01. The molecule has 0 aliphatic rings. The van der Waals surface area contributed by atoms with Crippen LogP contribution in [0, 0.1) is 13.8 Å². The normalized spacial score (nSPS) is 12.3. The molecule has 2 rings (SSSR count). The molecule has 0 heterocycles. The lowest BCUT2D eigenvalue weighted by atomic mass is 9.94. The van der Waals surface area contributed by atoms with Crippen LogP contribution in [0.2, 0.25) is 5.02 Å². The number of nitrogens with two attached hydrogens (primary N) is 1. The highest BCUT2D eigenvalue weighted by Gasteiger charge is 2.13. The minimum Gasteiger partial charge on any atom is -0.497 e. The number of benzene rings is 2. The molecule has 3 heteroatoms. The van der Waals surface area contributed by atoms with Gasteiger partial charge in [-0.05, 0) is 60.4 Å². The summed E-state index contributed by atoms with van der Waals surface area (Å²) >= 11 is 6.09. The number of hydrogen-bond acceptors (Lipinski definition) is 2. The van der Waals surface area contributed by atoms with Gasteiger partial charge in [-0.1, -0.05) is 23.7 Å². The average molecular weight is 276 g/mol. The minimum atomic E-state index is -0.177. The maximum atomic E-state index is 6.35. The summed E-state index contributed by atoms with van der Waals surface area (Å²) in [6.07, 6.45) is 0. The first-order valence-electron chi connectivity index (χ1n) is 6.18. The minimum absolute atomic E-state index is 0.177. The van der Waals surface area contributed by atoms with Gasteiger partial charge in [-0.3, -0.25) is 0 Å². The van der Waals surface area contributed by atoms with E-state index < -0.39 is 0 Å². The molecule has 1 unspecified atom stereocenters. The van der Waals surface area contributed by atoms with Gasteiger partial charge < -0.3 is 10.5 Å². The quantitative estimate of drug-likeness (QED) is 0.918. The second-order valence-electron chi connectivity index (χ2n) is 4.76. The molecule has 0 radical (unpaired) electrons. The highest BCUT2D eigenvalue weighted by Crippen LogP contribution is 2.28. The van der Waals surface area contributed by atoms with Crippen LogP contribution in [-0.4, -0.2) is 7.11 Å². The van der Waals surface area contributed by atoms with Crippen LogP contribution in [0.3, 0.4) is 0 Å². The van der Waals surface area contributed by atoms with Gasteiger partial charge in [0, 0.05) is 5.02 Å². The number of aryl methyl sites for hydroxylation is 2. The molecule has 2 N–H and O–H groups in total. The van der Waals surface area contributed by atoms with Crippen LogP contribution in [0.25, 0.3) is 0 Å². The number of hydrogen-bond donors (Lipinski definition) is 1. The Morgan fingerprint density at radius 2 is 1.84 bits per heavy atom. The third kappa shape index (κ3) is 3.09. The molecule has 0 bridgehead atoms. The van der Waals surface area contributed by atoms with Crippen molar-refractivity contribution in [1.29, 1.82) is 0 Å². The molecule has 1 atom stereocenters. The lowest BCUT2D eigenvalue weighted by Gasteiger charge is -2.17. The maximum absolute atomic E-state index is 6.35. The van der Waals surface area contributed by atoms with Crippen LogP contribution in [0.1, 0.15) is 28.3 Å². The highest BCUT2D eigenvalue weighted by atomic mass is 35.5. The van der Waals surface area contributed by atoms with Gasteiger partial charge in [-0.15, -0.1) is 0 Å². The van der Waals surface area contributed by atoms with Crippen molar-refractivity contribution in [2.75, 3.05) is 7.11 Å². The lowest BCUT2D eigenvalue weighted by Crippen LogP contribution is -2.13. The zero-order valence-electron chi connectivity index (χ0n) is 11.4. The zero-order valence-corrected chi connectivity index (χ0v) is 12.2. The number of ether oxygens (including phenoxy) is 1. The van der Waals surface area contributed by atoms with Crippen molar-refractivity contribution in [3.8, 4) is 5.75 Å². The summed E-state index contributed by atoms with van der Waals surface area (Å²) in [6.45, 7) is 4.05. The second kappa shape index (κ2) is 5.64. The molecule has 0 saturated heterocycles. The smallest absolute Gasteiger partial charge is 0.119 e. The number of methoxy groups -OCH3 is 1. The van der Waals surface area contributed by atoms with E-state index in [1.807, 2.05) is 44.2 Å². The van der Waals surface area contributed by atoms with Crippen molar-refractivity contribution >= 4 is 11.6 Å². The number of rotatable bonds is 3. The van der Waals surface area contributed by atoms with Gasteiger partial charge in [0.25, 0.3) is 0 Å².